The number of hydrogen-bond acceptors (Lipinski definition) is 8. The number of alkyl halides is 3. The zero-order valence-corrected chi connectivity index (χ0v) is 26.3. The number of fused-ring (bicyclic) bond motifs is 1. The molecule has 8 nitrogen and oxygen atoms in total. The molecule has 2 aromatic carbocycles. The first-order chi connectivity index (χ1) is 22.2. The third-order valence-electron chi connectivity index (χ3n) is 8.11. The van der Waals surface area contributed by atoms with Crippen LogP contribution in [0.1, 0.15) is 77.0 Å². The number of nitro benzene ring substituents is 1. The first kappa shape index (κ1) is 31.9. The average molecular weight is 666 g/mol. The van der Waals surface area contributed by atoms with Crippen LogP contribution in [0, 0.1) is 10.1 Å². The van der Waals surface area contributed by atoms with E-state index in [-0.39, 0.29) is 28.5 Å². The van der Waals surface area contributed by atoms with Crippen LogP contribution in [0.25, 0.3) is 11.3 Å². The van der Waals surface area contributed by atoms with Gasteiger partial charge in [0.25, 0.3) is 11.6 Å². The van der Waals surface area contributed by atoms with Crippen LogP contribution in [0.15, 0.2) is 69.6 Å². The summed E-state index contributed by atoms with van der Waals surface area (Å²) in [5.41, 5.74) is 1.14. The number of aliphatic imine (C=N–C) groups is 1. The lowest BCUT2D eigenvalue weighted by Crippen LogP contribution is -2.36. The molecule has 0 aliphatic heterocycles. The Balaban J connectivity index is 1.37. The van der Waals surface area contributed by atoms with E-state index in [2.05, 4.69) is 15.3 Å². The molecule has 238 valence electrons. The summed E-state index contributed by atoms with van der Waals surface area (Å²) in [4.78, 5) is 39.1. The number of nitro groups is 1. The number of hydrogen-bond donors (Lipinski definition) is 1. The molecular formula is C33H30F3N5O3S2. The standard InChI is InChI=1S/C33H30F3N5O3S2/c34-33(35,36)28-18-25(20-9-3-1-4-10-20)39-32(40-28)46-26-16-15-23(41(43)44)17-21(26)19-37-31-29(24-13-7-8-14-27(24)45-31)30(42)38-22-11-5-2-6-12-22/h1,3-4,9-10,15-19,22H,2,5-8,11-14H2,(H,38,42). The number of amides is 1. The number of halogens is 3. The van der Waals surface area contributed by atoms with Crippen LogP contribution < -0.4 is 5.32 Å². The number of non-ortho nitro benzene ring substituents is 1. The predicted molar refractivity (Wildman–Crippen MR) is 172 cm³/mol. The zero-order chi connectivity index (χ0) is 32.3. The van der Waals surface area contributed by atoms with Crippen LogP contribution in [-0.2, 0) is 19.0 Å². The molecule has 4 aromatic rings. The SMILES string of the molecule is O=C(NC1CCCCC1)c1c(N=Cc2cc([N+](=O)[O-])ccc2Sc2nc(-c3ccccc3)cc(C(F)(F)F)n2)sc2c1CCCC2. The van der Waals surface area contributed by atoms with Gasteiger partial charge in [0.1, 0.15) is 10.7 Å². The Labute approximate surface area is 271 Å². The molecule has 0 spiro atoms. The number of carbonyl (C=O) groups excluding carboxylic acids is 1. The van der Waals surface area contributed by atoms with Crippen LogP contribution >= 0.6 is 23.1 Å². The van der Waals surface area contributed by atoms with Crippen molar-refractivity contribution >= 4 is 45.9 Å². The molecule has 1 N–H and O–H groups in total. The lowest BCUT2D eigenvalue weighted by molar-refractivity contribution is -0.384. The second-order valence-electron chi connectivity index (χ2n) is 11.3. The number of carbonyl (C=O) groups is 1. The van der Waals surface area contributed by atoms with Gasteiger partial charge in [0, 0.05) is 45.3 Å². The Hall–Kier alpha value is -4.10. The number of thiophene rings is 1. The molecule has 2 aromatic heterocycles. The quantitative estimate of drug-likeness (QED) is 0.0871. The van der Waals surface area contributed by atoms with Crippen LogP contribution in [0.4, 0.5) is 23.9 Å². The van der Waals surface area contributed by atoms with Gasteiger partial charge in [0.2, 0.25) is 0 Å². The highest BCUT2D eigenvalue weighted by atomic mass is 32.2. The molecule has 13 heteroatoms. The fraction of sp³-hybridized carbons (Fsp3) is 0.333. The Morgan fingerprint density at radius 2 is 1.78 bits per heavy atom. The summed E-state index contributed by atoms with van der Waals surface area (Å²) >= 11 is 2.31. The Bertz CT molecular complexity index is 1790. The summed E-state index contributed by atoms with van der Waals surface area (Å²) in [6, 6.07) is 13.5. The van der Waals surface area contributed by atoms with Crippen molar-refractivity contribution < 1.29 is 22.9 Å². The van der Waals surface area contributed by atoms with E-state index in [1.807, 2.05) is 0 Å². The van der Waals surface area contributed by atoms with Gasteiger partial charge in [-0.3, -0.25) is 14.9 Å². The van der Waals surface area contributed by atoms with E-state index in [1.165, 1.54) is 42.2 Å². The van der Waals surface area contributed by atoms with Crippen molar-refractivity contribution in [3.8, 4) is 11.3 Å². The number of nitrogens with one attached hydrogen (secondary N) is 1. The van der Waals surface area contributed by atoms with Gasteiger partial charge < -0.3 is 5.32 Å². The number of aromatic nitrogens is 2. The van der Waals surface area contributed by atoms with Gasteiger partial charge in [-0.15, -0.1) is 11.3 Å². The van der Waals surface area contributed by atoms with Gasteiger partial charge in [-0.2, -0.15) is 13.2 Å². The summed E-state index contributed by atoms with van der Waals surface area (Å²) in [5, 5.41) is 15.2. The third kappa shape index (κ3) is 7.31. The summed E-state index contributed by atoms with van der Waals surface area (Å²) in [6.45, 7) is 0. The highest BCUT2D eigenvalue weighted by Crippen LogP contribution is 2.41. The minimum atomic E-state index is -4.71. The Kier molecular flexibility index (Phi) is 9.50. The molecule has 0 unspecified atom stereocenters. The predicted octanol–water partition coefficient (Wildman–Crippen LogP) is 8.98. The van der Waals surface area contributed by atoms with Crippen molar-refractivity contribution in [2.45, 2.75) is 80.1 Å². The van der Waals surface area contributed by atoms with E-state index >= 15 is 0 Å². The van der Waals surface area contributed by atoms with Gasteiger partial charge in [0.05, 0.1) is 16.2 Å². The summed E-state index contributed by atoms with van der Waals surface area (Å²) in [6.07, 6.45) is 5.56. The van der Waals surface area contributed by atoms with E-state index in [1.54, 1.807) is 30.3 Å². The molecule has 1 fully saturated rings. The highest BCUT2D eigenvalue weighted by molar-refractivity contribution is 7.99. The van der Waals surface area contributed by atoms with Gasteiger partial charge in [-0.25, -0.2) is 15.0 Å². The van der Waals surface area contributed by atoms with Gasteiger partial charge in [0.15, 0.2) is 5.16 Å². The summed E-state index contributed by atoms with van der Waals surface area (Å²) in [7, 11) is 0. The average Bonchev–Trinajstić information content (AvgIpc) is 3.43. The fourth-order valence-electron chi connectivity index (χ4n) is 5.82. The normalized spacial score (nSPS) is 15.5. The maximum atomic E-state index is 13.9. The van der Waals surface area contributed by atoms with E-state index in [9.17, 15) is 28.1 Å². The van der Waals surface area contributed by atoms with Crippen LogP contribution in [0.5, 0.6) is 0 Å². The molecule has 2 heterocycles. The molecule has 2 aliphatic carbocycles. The molecule has 1 amide bonds. The van der Waals surface area contributed by atoms with Crippen molar-refractivity contribution in [1.29, 1.82) is 0 Å². The molecule has 0 bridgehead atoms. The second kappa shape index (κ2) is 13.7. The number of nitrogens with zero attached hydrogens (tertiary/aromatic N) is 4. The second-order valence-corrected chi connectivity index (χ2v) is 13.4. The molecule has 0 atom stereocenters. The topological polar surface area (TPSA) is 110 Å². The van der Waals surface area contributed by atoms with E-state index in [0.717, 1.165) is 79.6 Å². The maximum Gasteiger partial charge on any atom is 0.433 e. The highest BCUT2D eigenvalue weighted by Gasteiger charge is 2.34. The molecular weight excluding hydrogens is 636 g/mol. The lowest BCUT2D eigenvalue weighted by Gasteiger charge is -2.23. The van der Waals surface area contributed by atoms with Crippen molar-refractivity contribution in [2.24, 2.45) is 4.99 Å². The molecule has 0 saturated heterocycles. The molecule has 6 rings (SSSR count). The maximum absolute atomic E-state index is 13.9. The van der Waals surface area contributed by atoms with E-state index in [4.69, 9.17) is 4.99 Å². The summed E-state index contributed by atoms with van der Waals surface area (Å²) in [5.74, 6) is -0.155. The monoisotopic (exact) mass is 665 g/mol. The van der Waals surface area contributed by atoms with Crippen LogP contribution in [0.2, 0.25) is 0 Å². The largest absolute Gasteiger partial charge is 0.433 e. The van der Waals surface area contributed by atoms with Crippen molar-refractivity contribution in [1.82, 2.24) is 15.3 Å². The Morgan fingerprint density at radius 3 is 2.52 bits per heavy atom. The minimum absolute atomic E-state index is 0.0975. The molecule has 2 aliphatic rings. The number of rotatable bonds is 8. The van der Waals surface area contributed by atoms with Crippen LogP contribution in [-0.4, -0.2) is 33.1 Å². The van der Waals surface area contributed by atoms with Gasteiger partial charge in [-0.1, -0.05) is 49.6 Å². The van der Waals surface area contributed by atoms with Crippen molar-refractivity contribution in [3.05, 3.63) is 92.0 Å². The van der Waals surface area contributed by atoms with Crippen LogP contribution in [0.3, 0.4) is 0 Å². The summed E-state index contributed by atoms with van der Waals surface area (Å²) < 4.78 is 41.6. The first-order valence-electron chi connectivity index (χ1n) is 15.1. The smallest absolute Gasteiger partial charge is 0.349 e. The van der Waals surface area contributed by atoms with Gasteiger partial charge in [-0.05, 0) is 68.0 Å². The minimum Gasteiger partial charge on any atom is -0.349 e. The molecule has 46 heavy (non-hydrogen) atoms. The lowest BCUT2D eigenvalue weighted by atomic mass is 9.93. The molecule has 1 saturated carbocycles. The third-order valence-corrected chi connectivity index (χ3v) is 10.3. The van der Waals surface area contributed by atoms with Gasteiger partial charge >= 0.3 is 6.18 Å². The fourth-order valence-corrected chi connectivity index (χ4v) is 7.90. The van der Waals surface area contributed by atoms with E-state index in [0.29, 0.717) is 26.6 Å². The first-order valence-corrected chi connectivity index (χ1v) is 16.8. The van der Waals surface area contributed by atoms with E-state index < -0.39 is 16.8 Å². The van der Waals surface area contributed by atoms with Crippen molar-refractivity contribution in [3.63, 3.8) is 0 Å². The zero-order valence-electron chi connectivity index (χ0n) is 24.7. The Morgan fingerprint density at radius 1 is 1.02 bits per heavy atom. The van der Waals surface area contributed by atoms with Crippen molar-refractivity contribution in [2.75, 3.05) is 0 Å². The number of aryl methyl sites for hydroxylation is 1. The molecule has 0 radical (unpaired) electrons. The number of benzene rings is 2.